The molecule has 3 nitrogen and oxygen atoms in total. The Morgan fingerprint density at radius 2 is 1.43 bits per heavy atom. The molecule has 2 N–H and O–H groups in total. The van der Waals surface area contributed by atoms with Crippen LogP contribution in [-0.4, -0.2) is 16.4 Å². The third-order valence-electron chi connectivity index (χ3n) is 0. The quantitative estimate of drug-likeness (QED) is 0.408. The van der Waals surface area contributed by atoms with E-state index in [1.54, 1.807) is 0 Å². The SMILES string of the molecule is O=C(O)O.[Cr].[H-].[Na+].[V]. The average Bonchev–Trinajstić information content (AvgIpc) is 0.811. The number of hydrogen-bond acceptors (Lipinski definition) is 1. The third kappa shape index (κ3) is 111. The van der Waals surface area contributed by atoms with Crippen molar-refractivity contribution in [2.75, 3.05) is 0 Å². The molecule has 0 aromatic rings. The molecule has 0 heterocycles. The van der Waals surface area contributed by atoms with Crippen LogP contribution in [0.4, 0.5) is 4.79 Å². The van der Waals surface area contributed by atoms with Crippen molar-refractivity contribution in [3.8, 4) is 0 Å². The van der Waals surface area contributed by atoms with E-state index in [1.165, 1.54) is 0 Å². The summed E-state index contributed by atoms with van der Waals surface area (Å²) >= 11 is 0. The molecule has 0 aliphatic carbocycles. The van der Waals surface area contributed by atoms with Crippen LogP contribution in [0, 0.1) is 0 Å². The molecule has 0 aromatic heterocycles. The standard InChI is InChI=1S/CH2O3.Cr.Na.V.H/c2-1(3)4;;;;/h(H2,2,3,4);;;;/q;;+1;;-1. The van der Waals surface area contributed by atoms with E-state index in [9.17, 15) is 0 Å². The summed E-state index contributed by atoms with van der Waals surface area (Å²) in [6, 6.07) is 0. The summed E-state index contributed by atoms with van der Waals surface area (Å²) in [7, 11) is 0. The maximum absolute atomic E-state index is 8.56. The fourth-order valence-electron chi connectivity index (χ4n) is 0. The first-order chi connectivity index (χ1) is 1.73. The van der Waals surface area contributed by atoms with E-state index >= 15 is 0 Å². The molecule has 0 bridgehead atoms. The van der Waals surface area contributed by atoms with Gasteiger partial charge >= 0.3 is 35.7 Å². The predicted octanol–water partition coefficient (Wildman–Crippen LogP) is -2.67. The second-order valence-electron chi connectivity index (χ2n) is 0.283. The van der Waals surface area contributed by atoms with E-state index in [2.05, 4.69) is 0 Å². The Morgan fingerprint density at radius 3 is 1.43 bits per heavy atom. The zero-order valence-electron chi connectivity index (χ0n) is 4.66. The maximum atomic E-state index is 8.56. The molecule has 0 saturated heterocycles. The summed E-state index contributed by atoms with van der Waals surface area (Å²) in [5.41, 5.74) is 0. The van der Waals surface area contributed by atoms with Gasteiger partial charge in [-0.3, -0.25) is 0 Å². The van der Waals surface area contributed by atoms with Crippen molar-refractivity contribution < 1.29 is 81.9 Å². The molecular formula is CH3CrNaO3V. The monoisotopic (exact) mass is 189 g/mol. The molecule has 37 valence electrons. The Hall–Kier alpha value is 1.39. The molecule has 0 atom stereocenters. The van der Waals surface area contributed by atoms with Gasteiger partial charge in [0.25, 0.3) is 0 Å². The van der Waals surface area contributed by atoms with Crippen LogP contribution in [0.15, 0.2) is 0 Å². The second kappa shape index (κ2) is 15.7. The summed E-state index contributed by atoms with van der Waals surface area (Å²) in [5.74, 6) is 0. The number of hydrogen-bond donors (Lipinski definition) is 2. The molecular weight excluding hydrogens is 186 g/mol. The molecule has 0 unspecified atom stereocenters. The van der Waals surface area contributed by atoms with Gasteiger partial charge in [-0.15, -0.1) is 0 Å². The smallest absolute Gasteiger partial charge is 1.00 e. The first-order valence-corrected chi connectivity index (χ1v) is 0.651. The van der Waals surface area contributed by atoms with Crippen molar-refractivity contribution >= 4 is 6.16 Å². The van der Waals surface area contributed by atoms with Gasteiger partial charge in [0.05, 0.1) is 0 Å². The van der Waals surface area contributed by atoms with Gasteiger partial charge in [-0.2, -0.15) is 0 Å². The first kappa shape index (κ1) is 23.8. The van der Waals surface area contributed by atoms with Crippen LogP contribution >= 0.6 is 0 Å². The van der Waals surface area contributed by atoms with Crippen molar-refractivity contribution in [3.63, 3.8) is 0 Å². The van der Waals surface area contributed by atoms with Crippen LogP contribution < -0.4 is 29.6 Å². The number of carboxylic acid groups (broad SMARTS) is 2. The van der Waals surface area contributed by atoms with Crippen LogP contribution in [0.2, 0.25) is 0 Å². The van der Waals surface area contributed by atoms with Gasteiger partial charge in [0, 0.05) is 35.9 Å². The maximum Gasteiger partial charge on any atom is 1.00 e. The Balaban J connectivity index is -0.00000000750. The van der Waals surface area contributed by atoms with Crippen molar-refractivity contribution in [2.45, 2.75) is 0 Å². The largest absolute Gasteiger partial charge is 1.00 e. The van der Waals surface area contributed by atoms with Crippen molar-refractivity contribution in [1.82, 2.24) is 0 Å². The van der Waals surface area contributed by atoms with Crippen molar-refractivity contribution in [3.05, 3.63) is 0 Å². The van der Waals surface area contributed by atoms with E-state index in [1.807, 2.05) is 0 Å². The summed E-state index contributed by atoms with van der Waals surface area (Å²) in [6.45, 7) is 0. The van der Waals surface area contributed by atoms with Gasteiger partial charge in [-0.05, 0) is 0 Å². The molecule has 0 aliphatic rings. The van der Waals surface area contributed by atoms with Gasteiger partial charge in [-0.1, -0.05) is 0 Å². The molecule has 1 radical (unpaired) electrons. The molecule has 0 spiro atoms. The zero-order chi connectivity index (χ0) is 3.58. The molecule has 0 fully saturated rings. The summed E-state index contributed by atoms with van der Waals surface area (Å²) < 4.78 is 0. The van der Waals surface area contributed by atoms with Crippen LogP contribution in [0.25, 0.3) is 0 Å². The topological polar surface area (TPSA) is 57.5 Å². The van der Waals surface area contributed by atoms with Crippen LogP contribution in [0.3, 0.4) is 0 Å². The third-order valence-corrected chi connectivity index (χ3v) is 0. The zero-order valence-corrected chi connectivity index (χ0v) is 8.33. The van der Waals surface area contributed by atoms with E-state index < -0.39 is 6.16 Å². The number of carbonyl (C=O) groups is 1. The van der Waals surface area contributed by atoms with Crippen molar-refractivity contribution in [2.24, 2.45) is 0 Å². The Bertz CT molecular complexity index is 42.3. The van der Waals surface area contributed by atoms with Gasteiger partial charge in [0.1, 0.15) is 0 Å². The normalized spacial score (nSPS) is 3.43. The predicted molar refractivity (Wildman–Crippen MR) is 11.8 cm³/mol. The molecule has 7 heavy (non-hydrogen) atoms. The summed E-state index contributed by atoms with van der Waals surface area (Å²) in [5, 5.41) is 13.9. The minimum Gasteiger partial charge on any atom is -1.00 e. The fourth-order valence-corrected chi connectivity index (χ4v) is 0. The Morgan fingerprint density at radius 1 is 1.43 bits per heavy atom. The first-order valence-electron chi connectivity index (χ1n) is 0.651. The average molecular weight is 189 g/mol. The van der Waals surface area contributed by atoms with Crippen LogP contribution in [0.5, 0.6) is 0 Å². The van der Waals surface area contributed by atoms with Gasteiger partial charge in [-0.25, -0.2) is 4.79 Å². The van der Waals surface area contributed by atoms with E-state index in [0.717, 1.165) is 0 Å². The summed E-state index contributed by atoms with van der Waals surface area (Å²) in [4.78, 5) is 8.56. The molecule has 0 aromatic carbocycles. The molecule has 0 aliphatic heterocycles. The second-order valence-corrected chi connectivity index (χ2v) is 0.283. The van der Waals surface area contributed by atoms with Gasteiger partial charge < -0.3 is 11.6 Å². The van der Waals surface area contributed by atoms with Gasteiger partial charge in [0.15, 0.2) is 0 Å². The number of rotatable bonds is 0. The molecule has 0 amide bonds. The van der Waals surface area contributed by atoms with E-state index in [4.69, 9.17) is 15.0 Å². The minimum absolute atomic E-state index is 0. The Kier molecular flexibility index (Phi) is 53.2. The van der Waals surface area contributed by atoms with Crippen LogP contribution in [0.1, 0.15) is 1.43 Å². The Labute approximate surface area is 87.3 Å². The van der Waals surface area contributed by atoms with Crippen molar-refractivity contribution in [1.29, 1.82) is 0 Å². The molecule has 0 rings (SSSR count). The fraction of sp³-hybridized carbons (Fsp3) is 0. The minimum atomic E-state index is -1.83. The molecule has 6 heteroatoms. The van der Waals surface area contributed by atoms with E-state index in [0.29, 0.717) is 0 Å². The summed E-state index contributed by atoms with van der Waals surface area (Å²) in [6.07, 6.45) is -1.83. The van der Waals surface area contributed by atoms with Crippen LogP contribution in [-0.2, 0) is 35.9 Å². The van der Waals surface area contributed by atoms with E-state index in [-0.39, 0.29) is 66.9 Å². The molecule has 0 saturated carbocycles. The van der Waals surface area contributed by atoms with Gasteiger partial charge in [0.2, 0.25) is 0 Å².